The predicted octanol–water partition coefficient (Wildman–Crippen LogP) is 4.48. The molecule has 0 saturated carbocycles. The highest BCUT2D eigenvalue weighted by atomic mass is 16.8. The van der Waals surface area contributed by atoms with Gasteiger partial charge in [0.25, 0.3) is 0 Å². The number of rotatable bonds is 6. The highest BCUT2D eigenvalue weighted by molar-refractivity contribution is 5.47. The lowest BCUT2D eigenvalue weighted by Gasteiger charge is -2.38. The van der Waals surface area contributed by atoms with Crippen molar-refractivity contribution < 1.29 is 19.4 Å². The van der Waals surface area contributed by atoms with Gasteiger partial charge >= 0.3 is 0 Å². The van der Waals surface area contributed by atoms with Gasteiger partial charge in [-0.05, 0) is 30.5 Å². The Hall–Kier alpha value is -3.05. The first kappa shape index (κ1) is 22.7. The third kappa shape index (κ3) is 3.82. The van der Waals surface area contributed by atoms with Crippen LogP contribution in [0.25, 0.3) is 0 Å². The minimum Gasteiger partial charge on any atom is -0.359 e. The van der Waals surface area contributed by atoms with Crippen molar-refractivity contribution in [3.8, 4) is 6.07 Å². The van der Waals surface area contributed by atoms with Crippen molar-refractivity contribution in [3.63, 3.8) is 0 Å². The molecule has 0 radical (unpaired) electrons. The van der Waals surface area contributed by atoms with E-state index in [0.717, 1.165) is 21.8 Å². The fourth-order valence-corrected chi connectivity index (χ4v) is 5.15. The van der Waals surface area contributed by atoms with Crippen LogP contribution in [0.5, 0.6) is 0 Å². The average molecular weight is 457 g/mol. The summed E-state index contributed by atoms with van der Waals surface area (Å²) in [6.07, 6.45) is -1.05. The lowest BCUT2D eigenvalue weighted by Crippen LogP contribution is -2.45. The van der Waals surface area contributed by atoms with Gasteiger partial charge in [0, 0.05) is 0 Å². The van der Waals surface area contributed by atoms with E-state index >= 15 is 0 Å². The first-order valence-electron chi connectivity index (χ1n) is 11.5. The zero-order valence-electron chi connectivity index (χ0n) is 19.2. The summed E-state index contributed by atoms with van der Waals surface area (Å²) in [5.41, 5.74) is 1.96. The van der Waals surface area contributed by atoms with Crippen LogP contribution in [0.4, 0.5) is 0 Å². The Morgan fingerprint density at radius 1 is 0.853 bits per heavy atom. The van der Waals surface area contributed by atoms with Crippen molar-refractivity contribution in [3.05, 3.63) is 108 Å². The Balaban J connectivity index is 1.58. The third-order valence-corrected chi connectivity index (χ3v) is 6.62. The standard InChI is InChI=1S/C28H28N2O4/c1-27(2)33-25-23(18-29)30(31)24(26(25)34-27)19-32-28(20-12-6-3-7-13-20,21-14-8-4-9-15-21)22-16-10-5-11-17-22/h3-17,23-26,31H,19H2,1-2H3/t23-,24-,25-,26+/m1/s1. The summed E-state index contributed by atoms with van der Waals surface area (Å²) in [6.45, 7) is 3.76. The smallest absolute Gasteiger partial charge is 0.163 e. The topological polar surface area (TPSA) is 75.0 Å². The number of nitriles is 1. The van der Waals surface area contributed by atoms with Crippen LogP contribution in [-0.2, 0) is 19.8 Å². The summed E-state index contributed by atoms with van der Waals surface area (Å²) in [4.78, 5) is 0. The molecule has 2 aliphatic heterocycles. The predicted molar refractivity (Wildman–Crippen MR) is 126 cm³/mol. The molecule has 2 fully saturated rings. The van der Waals surface area contributed by atoms with Crippen molar-refractivity contribution in [1.82, 2.24) is 5.06 Å². The Labute approximate surface area is 199 Å². The summed E-state index contributed by atoms with van der Waals surface area (Å²) in [7, 11) is 0. The highest BCUT2D eigenvalue weighted by Crippen LogP contribution is 2.43. The van der Waals surface area contributed by atoms with Crippen LogP contribution in [0.3, 0.4) is 0 Å². The lowest BCUT2D eigenvalue weighted by molar-refractivity contribution is -0.217. The summed E-state index contributed by atoms with van der Waals surface area (Å²) in [6, 6.07) is 30.9. The van der Waals surface area contributed by atoms with Crippen LogP contribution in [0.1, 0.15) is 30.5 Å². The first-order valence-corrected chi connectivity index (χ1v) is 11.5. The minimum absolute atomic E-state index is 0.119. The van der Waals surface area contributed by atoms with Crippen LogP contribution < -0.4 is 0 Å². The summed E-state index contributed by atoms with van der Waals surface area (Å²) >= 11 is 0. The number of hydrogen-bond acceptors (Lipinski definition) is 6. The van der Waals surface area contributed by atoms with E-state index in [9.17, 15) is 10.5 Å². The van der Waals surface area contributed by atoms with Crippen LogP contribution >= 0.6 is 0 Å². The lowest BCUT2D eigenvalue weighted by atomic mass is 9.80. The maximum absolute atomic E-state index is 10.9. The Kier molecular flexibility index (Phi) is 5.98. The minimum atomic E-state index is -0.931. The monoisotopic (exact) mass is 456 g/mol. The zero-order chi connectivity index (χ0) is 23.8. The van der Waals surface area contributed by atoms with Crippen molar-refractivity contribution >= 4 is 0 Å². The van der Waals surface area contributed by atoms with Crippen LogP contribution in [-0.4, -0.2) is 47.0 Å². The normalized spacial score (nSPS) is 26.2. The molecule has 174 valence electrons. The van der Waals surface area contributed by atoms with E-state index in [2.05, 4.69) is 6.07 Å². The molecule has 6 nitrogen and oxygen atoms in total. The van der Waals surface area contributed by atoms with E-state index in [-0.39, 0.29) is 6.61 Å². The molecule has 0 unspecified atom stereocenters. The number of hydrogen-bond donors (Lipinski definition) is 1. The van der Waals surface area contributed by atoms with Crippen molar-refractivity contribution in [2.45, 2.75) is 49.5 Å². The van der Waals surface area contributed by atoms with E-state index < -0.39 is 35.7 Å². The maximum atomic E-state index is 10.9. The summed E-state index contributed by atoms with van der Waals surface area (Å²) in [5, 5.41) is 21.6. The molecule has 0 bridgehead atoms. The maximum Gasteiger partial charge on any atom is 0.163 e. The van der Waals surface area contributed by atoms with Crippen molar-refractivity contribution in [2.75, 3.05) is 6.61 Å². The summed E-state index contributed by atoms with van der Waals surface area (Å²) in [5.74, 6) is -0.834. The van der Waals surface area contributed by atoms with Gasteiger partial charge in [-0.25, -0.2) is 0 Å². The van der Waals surface area contributed by atoms with Crippen molar-refractivity contribution in [2.24, 2.45) is 0 Å². The fraction of sp³-hybridized carbons (Fsp3) is 0.321. The Morgan fingerprint density at radius 3 is 1.74 bits per heavy atom. The van der Waals surface area contributed by atoms with Gasteiger partial charge in [-0.1, -0.05) is 91.0 Å². The van der Waals surface area contributed by atoms with E-state index in [0.29, 0.717) is 0 Å². The van der Waals surface area contributed by atoms with E-state index in [4.69, 9.17) is 14.2 Å². The zero-order valence-corrected chi connectivity index (χ0v) is 19.2. The number of benzene rings is 3. The number of nitrogens with zero attached hydrogens (tertiary/aromatic N) is 2. The molecule has 4 atom stereocenters. The molecule has 5 rings (SSSR count). The molecule has 2 aliphatic rings. The third-order valence-electron chi connectivity index (χ3n) is 6.62. The number of fused-ring (bicyclic) bond motifs is 1. The number of hydroxylamine groups is 2. The summed E-state index contributed by atoms with van der Waals surface area (Å²) < 4.78 is 18.9. The molecular formula is C28H28N2O4. The molecule has 0 amide bonds. The first-order chi connectivity index (χ1) is 16.5. The van der Waals surface area contributed by atoms with Gasteiger partial charge in [0.1, 0.15) is 17.8 Å². The second kappa shape index (κ2) is 8.95. The van der Waals surface area contributed by atoms with Gasteiger partial charge in [-0.15, -0.1) is 0 Å². The van der Waals surface area contributed by atoms with Crippen molar-refractivity contribution in [1.29, 1.82) is 5.26 Å². The van der Waals surface area contributed by atoms with E-state index in [1.165, 1.54) is 0 Å². The van der Waals surface area contributed by atoms with Gasteiger partial charge in [0.05, 0.1) is 18.7 Å². The molecule has 0 aliphatic carbocycles. The Bertz CT molecular complexity index is 1050. The molecule has 3 aromatic rings. The van der Waals surface area contributed by atoms with Gasteiger partial charge in [-0.3, -0.25) is 0 Å². The highest BCUT2D eigenvalue weighted by Gasteiger charge is 2.59. The van der Waals surface area contributed by atoms with Crippen LogP contribution in [0.2, 0.25) is 0 Å². The largest absolute Gasteiger partial charge is 0.359 e. The van der Waals surface area contributed by atoms with Crippen LogP contribution in [0.15, 0.2) is 91.0 Å². The molecule has 0 aromatic heterocycles. The second-order valence-electron chi connectivity index (χ2n) is 9.18. The van der Waals surface area contributed by atoms with Gasteiger partial charge < -0.3 is 19.4 Å². The quantitative estimate of drug-likeness (QED) is 0.551. The average Bonchev–Trinajstić information content (AvgIpc) is 3.30. The molecular weight excluding hydrogens is 428 g/mol. The fourth-order valence-electron chi connectivity index (χ4n) is 5.15. The molecule has 2 saturated heterocycles. The van der Waals surface area contributed by atoms with Gasteiger partial charge in [0.15, 0.2) is 11.8 Å². The van der Waals surface area contributed by atoms with Gasteiger partial charge in [-0.2, -0.15) is 10.3 Å². The molecule has 34 heavy (non-hydrogen) atoms. The molecule has 6 heteroatoms. The van der Waals surface area contributed by atoms with E-state index in [1.807, 2.05) is 105 Å². The SMILES string of the molecule is CC1(C)O[C@@H]2[C@H](O1)[C@@H](C#N)N(O)[C@@H]2COC(c1ccccc1)(c1ccccc1)c1ccccc1. The molecule has 2 heterocycles. The molecule has 0 spiro atoms. The number of ether oxygens (including phenoxy) is 3. The second-order valence-corrected chi connectivity index (χ2v) is 9.18. The van der Waals surface area contributed by atoms with Gasteiger partial charge in [0.2, 0.25) is 0 Å². The Morgan fingerprint density at radius 2 is 1.29 bits per heavy atom. The van der Waals surface area contributed by atoms with Crippen LogP contribution in [0, 0.1) is 11.3 Å². The van der Waals surface area contributed by atoms with E-state index in [1.54, 1.807) is 0 Å². The molecule has 1 N–H and O–H groups in total. The molecule has 3 aromatic carbocycles.